The normalized spacial score (nSPS) is 40.8. The second kappa shape index (κ2) is 9.66. The molecule has 5 unspecified atom stereocenters. The summed E-state index contributed by atoms with van der Waals surface area (Å²) < 4.78 is 49.2. The second-order valence-corrected chi connectivity index (χ2v) is 10.7. The smallest absolute Gasteiger partial charge is 0.345 e. The van der Waals surface area contributed by atoms with Crippen LogP contribution in [0.4, 0.5) is 13.2 Å². The van der Waals surface area contributed by atoms with Crippen molar-refractivity contribution in [3.8, 4) is 0 Å². The van der Waals surface area contributed by atoms with Crippen LogP contribution in [0.2, 0.25) is 0 Å². The third kappa shape index (κ3) is 5.20. The van der Waals surface area contributed by atoms with E-state index in [1.165, 1.54) is 0 Å². The SMILES string of the molecule is O=C(COC1CCC(Cl)C(F)C1)NC12CC(C(=O)NCC3CCCCC3OC(F)F)(C1)C2. The first-order valence-corrected chi connectivity index (χ1v) is 12.1. The summed E-state index contributed by atoms with van der Waals surface area (Å²) in [5.74, 6) is -0.424. The molecule has 0 spiro atoms. The molecule has 0 aromatic heterocycles. The average Bonchev–Trinajstić information content (AvgIpc) is 2.69. The Morgan fingerprint density at radius 2 is 1.81 bits per heavy atom. The van der Waals surface area contributed by atoms with Crippen LogP contribution in [0.3, 0.4) is 0 Å². The highest BCUT2D eigenvalue weighted by molar-refractivity contribution is 6.21. The molecule has 5 saturated carbocycles. The highest BCUT2D eigenvalue weighted by Gasteiger charge is 2.72. The van der Waals surface area contributed by atoms with Gasteiger partial charge in [-0.2, -0.15) is 8.78 Å². The fourth-order valence-electron chi connectivity index (χ4n) is 6.01. The molecule has 5 atom stereocenters. The van der Waals surface area contributed by atoms with E-state index in [1.54, 1.807) is 0 Å². The van der Waals surface area contributed by atoms with Gasteiger partial charge in [0.1, 0.15) is 12.8 Å². The maximum absolute atomic E-state index is 13.7. The van der Waals surface area contributed by atoms with Gasteiger partial charge in [0.25, 0.3) is 0 Å². The molecule has 2 amide bonds. The highest BCUT2D eigenvalue weighted by atomic mass is 35.5. The van der Waals surface area contributed by atoms with E-state index in [2.05, 4.69) is 10.6 Å². The maximum atomic E-state index is 13.7. The van der Waals surface area contributed by atoms with Crippen LogP contribution in [0.1, 0.15) is 64.2 Å². The van der Waals surface area contributed by atoms with E-state index in [1.807, 2.05) is 0 Å². The summed E-state index contributed by atoms with van der Waals surface area (Å²) in [7, 11) is 0. The summed E-state index contributed by atoms with van der Waals surface area (Å²) in [6, 6.07) is 0. The number of hydrogen-bond acceptors (Lipinski definition) is 4. The Morgan fingerprint density at radius 1 is 1.09 bits per heavy atom. The van der Waals surface area contributed by atoms with E-state index in [0.29, 0.717) is 45.1 Å². The summed E-state index contributed by atoms with van der Waals surface area (Å²) in [5, 5.41) is 5.42. The zero-order valence-electron chi connectivity index (χ0n) is 18.1. The summed E-state index contributed by atoms with van der Waals surface area (Å²) >= 11 is 5.87. The van der Waals surface area contributed by atoms with Gasteiger partial charge in [0.15, 0.2) is 0 Å². The Balaban J connectivity index is 1.15. The van der Waals surface area contributed by atoms with Crippen molar-refractivity contribution in [2.24, 2.45) is 11.3 Å². The van der Waals surface area contributed by atoms with Gasteiger partial charge in [-0.15, -0.1) is 11.6 Å². The van der Waals surface area contributed by atoms with Gasteiger partial charge in [-0.25, -0.2) is 4.39 Å². The Kier molecular flexibility index (Phi) is 7.27. The third-order valence-electron chi connectivity index (χ3n) is 7.65. The number of alkyl halides is 4. The van der Waals surface area contributed by atoms with Gasteiger partial charge in [-0.05, 0) is 44.9 Å². The molecule has 182 valence electrons. The standard InChI is InChI=1S/C22H32ClF3N2O4/c23-15-6-5-14(7-16(15)24)31-9-18(29)28-22-10-21(11-22,12-22)19(30)27-8-13-3-1-2-4-17(13)32-20(25)26/h13-17,20H,1-12H2,(H,27,30)(H,28,29). The van der Waals surface area contributed by atoms with Crippen LogP contribution in [0.25, 0.3) is 0 Å². The van der Waals surface area contributed by atoms with Gasteiger partial charge in [-0.1, -0.05) is 12.8 Å². The van der Waals surface area contributed by atoms with Crippen molar-refractivity contribution in [3.63, 3.8) is 0 Å². The lowest BCUT2D eigenvalue weighted by Crippen LogP contribution is -2.78. The molecule has 2 N–H and O–H groups in total. The molecular formula is C22H32ClF3N2O4. The molecule has 6 nitrogen and oxygen atoms in total. The van der Waals surface area contributed by atoms with Gasteiger partial charge < -0.3 is 20.1 Å². The van der Waals surface area contributed by atoms with Gasteiger partial charge in [0.05, 0.1) is 23.0 Å². The van der Waals surface area contributed by atoms with Crippen LogP contribution in [-0.4, -0.2) is 60.9 Å². The van der Waals surface area contributed by atoms with Crippen LogP contribution in [-0.2, 0) is 19.1 Å². The van der Waals surface area contributed by atoms with Crippen molar-refractivity contribution < 1.29 is 32.2 Å². The summed E-state index contributed by atoms with van der Waals surface area (Å²) in [6.07, 6.45) is 4.34. The van der Waals surface area contributed by atoms with E-state index in [9.17, 15) is 22.8 Å². The number of carbonyl (C=O) groups is 2. The minimum Gasteiger partial charge on any atom is -0.368 e. The van der Waals surface area contributed by atoms with Crippen LogP contribution in [0.5, 0.6) is 0 Å². The summed E-state index contributed by atoms with van der Waals surface area (Å²) in [4.78, 5) is 25.0. The quantitative estimate of drug-likeness (QED) is 0.496. The fourth-order valence-corrected chi connectivity index (χ4v) is 6.24. The van der Waals surface area contributed by atoms with Gasteiger partial charge in [0.2, 0.25) is 11.8 Å². The van der Waals surface area contributed by atoms with E-state index in [0.717, 1.165) is 19.3 Å². The highest BCUT2D eigenvalue weighted by Crippen LogP contribution is 2.67. The van der Waals surface area contributed by atoms with Crippen molar-refractivity contribution in [1.82, 2.24) is 10.6 Å². The molecule has 2 bridgehead atoms. The average molecular weight is 481 g/mol. The maximum Gasteiger partial charge on any atom is 0.345 e. The topological polar surface area (TPSA) is 76.7 Å². The molecule has 0 aliphatic heterocycles. The Labute approximate surface area is 191 Å². The van der Waals surface area contributed by atoms with E-state index < -0.39 is 29.7 Å². The fraction of sp³-hybridized carbons (Fsp3) is 0.909. The number of ether oxygens (including phenoxy) is 2. The zero-order chi connectivity index (χ0) is 22.9. The molecule has 5 aliphatic carbocycles. The number of hydrogen-bond donors (Lipinski definition) is 2. The zero-order valence-corrected chi connectivity index (χ0v) is 18.9. The lowest BCUT2D eigenvalue weighted by Gasteiger charge is -2.69. The lowest BCUT2D eigenvalue weighted by atomic mass is 9.39. The second-order valence-electron chi connectivity index (χ2n) is 10.1. The monoisotopic (exact) mass is 480 g/mol. The van der Waals surface area contributed by atoms with Crippen LogP contribution >= 0.6 is 11.6 Å². The molecule has 0 saturated heterocycles. The predicted molar refractivity (Wildman–Crippen MR) is 111 cm³/mol. The molecule has 5 fully saturated rings. The molecule has 5 rings (SSSR count). The molecule has 32 heavy (non-hydrogen) atoms. The Hall–Kier alpha value is -1.06. The minimum atomic E-state index is -2.80. The van der Waals surface area contributed by atoms with Crippen molar-refractivity contribution >= 4 is 23.4 Å². The Bertz CT molecular complexity index is 693. The molecule has 0 heterocycles. The summed E-state index contributed by atoms with van der Waals surface area (Å²) in [6.45, 7) is -2.58. The Morgan fingerprint density at radius 3 is 2.50 bits per heavy atom. The summed E-state index contributed by atoms with van der Waals surface area (Å²) in [5.41, 5.74) is -0.831. The number of rotatable bonds is 9. The van der Waals surface area contributed by atoms with E-state index in [4.69, 9.17) is 21.1 Å². The minimum absolute atomic E-state index is 0.0712. The first-order chi connectivity index (χ1) is 15.2. The van der Waals surface area contributed by atoms with Crippen LogP contribution in [0.15, 0.2) is 0 Å². The molecule has 5 aliphatic rings. The first kappa shape index (κ1) is 24.1. The largest absolute Gasteiger partial charge is 0.368 e. The molecule has 0 radical (unpaired) electrons. The van der Waals surface area contributed by atoms with Gasteiger partial charge >= 0.3 is 6.61 Å². The molecule has 10 heteroatoms. The van der Waals surface area contributed by atoms with Gasteiger partial charge in [-0.3, -0.25) is 9.59 Å². The van der Waals surface area contributed by atoms with Crippen molar-refractivity contribution in [2.45, 2.75) is 100 Å². The van der Waals surface area contributed by atoms with Crippen LogP contribution in [0, 0.1) is 11.3 Å². The predicted octanol–water partition coefficient (Wildman–Crippen LogP) is 3.45. The number of amides is 2. The van der Waals surface area contributed by atoms with E-state index in [-0.39, 0.29) is 42.4 Å². The van der Waals surface area contributed by atoms with Crippen LogP contribution < -0.4 is 10.6 Å². The number of nitrogens with one attached hydrogen (secondary N) is 2. The molecule has 0 aromatic rings. The van der Waals surface area contributed by atoms with Gasteiger partial charge in [0, 0.05) is 24.4 Å². The first-order valence-electron chi connectivity index (χ1n) is 11.6. The van der Waals surface area contributed by atoms with E-state index >= 15 is 0 Å². The number of carbonyl (C=O) groups excluding carboxylic acids is 2. The van der Waals surface area contributed by atoms with Crippen molar-refractivity contribution in [2.75, 3.05) is 13.2 Å². The van der Waals surface area contributed by atoms with Crippen molar-refractivity contribution in [3.05, 3.63) is 0 Å². The van der Waals surface area contributed by atoms with Crippen molar-refractivity contribution in [1.29, 1.82) is 0 Å². The third-order valence-corrected chi connectivity index (χ3v) is 8.15. The lowest BCUT2D eigenvalue weighted by molar-refractivity contribution is -0.189. The molecular weight excluding hydrogens is 449 g/mol. The molecule has 0 aromatic carbocycles. The number of halogens is 4.